The number of nitrogens with one attached hydrogen (secondary N) is 3. The van der Waals surface area contributed by atoms with Crippen LogP contribution in [0.4, 0.5) is 0 Å². The van der Waals surface area contributed by atoms with E-state index in [1.54, 1.807) is 0 Å². The van der Waals surface area contributed by atoms with Crippen LogP contribution >= 0.6 is 0 Å². The Labute approximate surface area is 228 Å². The third kappa shape index (κ3) is 7.10. The number of aliphatic hydroxyl groups is 2. The first-order valence-corrected chi connectivity index (χ1v) is 14.3. The highest BCUT2D eigenvalue weighted by atomic mass is 32.2. The van der Waals surface area contributed by atoms with E-state index in [2.05, 4.69) is 15.4 Å². The van der Waals surface area contributed by atoms with E-state index in [0.717, 1.165) is 16.7 Å². The number of aliphatic hydroxyl groups excluding tert-OH is 2. The third-order valence-electron chi connectivity index (χ3n) is 6.92. The van der Waals surface area contributed by atoms with Gasteiger partial charge < -0.3 is 20.8 Å². The Morgan fingerprint density at radius 2 is 1.64 bits per heavy atom. The summed E-state index contributed by atoms with van der Waals surface area (Å²) in [6, 6.07) is 21.8. The lowest BCUT2D eigenvalue weighted by atomic mass is 9.92. The third-order valence-corrected chi connectivity index (χ3v) is 8.36. The number of hydrogen-bond donors (Lipinski definition) is 5. The van der Waals surface area contributed by atoms with Gasteiger partial charge in [0.15, 0.2) is 0 Å². The normalized spacial score (nSPS) is 18.1. The second kappa shape index (κ2) is 12.5. The Balaban J connectivity index is 1.43. The maximum atomic E-state index is 13.4. The van der Waals surface area contributed by atoms with Crippen LogP contribution in [-0.2, 0) is 27.7 Å². The van der Waals surface area contributed by atoms with Gasteiger partial charge in [0.25, 0.3) is 5.91 Å². The van der Waals surface area contributed by atoms with Gasteiger partial charge in [0.2, 0.25) is 15.9 Å². The van der Waals surface area contributed by atoms with Crippen molar-refractivity contribution in [2.75, 3.05) is 13.6 Å². The molecular formula is C29H33N3O6S. The number of benzene rings is 3. The summed E-state index contributed by atoms with van der Waals surface area (Å²) in [6.07, 6.45) is -1.12. The zero-order valence-corrected chi connectivity index (χ0v) is 22.4. The second-order valence-corrected chi connectivity index (χ2v) is 11.5. The van der Waals surface area contributed by atoms with Gasteiger partial charge in [-0.15, -0.1) is 0 Å². The van der Waals surface area contributed by atoms with Gasteiger partial charge in [-0.05, 0) is 53.8 Å². The van der Waals surface area contributed by atoms with Crippen molar-refractivity contribution in [1.82, 2.24) is 15.4 Å². The van der Waals surface area contributed by atoms with E-state index in [1.165, 1.54) is 31.3 Å². The summed E-state index contributed by atoms with van der Waals surface area (Å²) < 4.78 is 27.9. The van der Waals surface area contributed by atoms with Crippen LogP contribution in [0.25, 0.3) is 0 Å². The minimum absolute atomic E-state index is 0.00329. The summed E-state index contributed by atoms with van der Waals surface area (Å²) in [5.74, 6) is -1.33. The van der Waals surface area contributed by atoms with Crippen LogP contribution in [0.15, 0.2) is 83.8 Å². The number of hydrogen-bond acceptors (Lipinski definition) is 6. The molecule has 4 atom stereocenters. The van der Waals surface area contributed by atoms with Gasteiger partial charge >= 0.3 is 0 Å². The van der Waals surface area contributed by atoms with Crippen LogP contribution in [0.3, 0.4) is 0 Å². The summed E-state index contributed by atoms with van der Waals surface area (Å²) >= 11 is 0. The fraction of sp³-hybridized carbons (Fsp3) is 0.310. The first kappa shape index (κ1) is 28.4. The molecule has 39 heavy (non-hydrogen) atoms. The molecule has 1 aliphatic rings. The van der Waals surface area contributed by atoms with E-state index in [-0.39, 0.29) is 29.7 Å². The average Bonchev–Trinajstić information content (AvgIpc) is 3.26. The van der Waals surface area contributed by atoms with E-state index in [1.807, 2.05) is 54.6 Å². The fourth-order valence-corrected chi connectivity index (χ4v) is 5.90. The standard InChI is InChI=1S/C29H33N3O6S/c1-30-28(35)20-11-13-24(14-12-20)39(37,38)31-18-23(33)16-22(15-19-7-3-2-4-8-19)29(36)32-27-25-10-6-5-9-21(25)17-26(27)34/h2-14,22-23,26-27,31,33-34H,15-18H2,1H3,(H,30,35)(H,32,36). The topological polar surface area (TPSA) is 145 Å². The van der Waals surface area contributed by atoms with Crippen molar-refractivity contribution in [3.8, 4) is 0 Å². The molecule has 0 aromatic heterocycles. The number of sulfonamides is 1. The maximum Gasteiger partial charge on any atom is 0.251 e. The quantitative estimate of drug-likeness (QED) is 0.245. The molecule has 0 saturated heterocycles. The number of carbonyl (C=O) groups excluding carboxylic acids is 2. The lowest BCUT2D eigenvalue weighted by Gasteiger charge is -2.24. The molecule has 4 unspecified atom stereocenters. The lowest BCUT2D eigenvalue weighted by molar-refractivity contribution is -0.127. The monoisotopic (exact) mass is 551 g/mol. The van der Waals surface area contributed by atoms with Crippen LogP contribution in [0.5, 0.6) is 0 Å². The molecule has 0 spiro atoms. The first-order valence-electron chi connectivity index (χ1n) is 12.8. The summed E-state index contributed by atoms with van der Waals surface area (Å²) in [5, 5.41) is 26.8. The summed E-state index contributed by atoms with van der Waals surface area (Å²) in [4.78, 5) is 25.1. The first-order chi connectivity index (χ1) is 18.7. The van der Waals surface area contributed by atoms with Gasteiger partial charge in [-0.25, -0.2) is 13.1 Å². The molecule has 0 heterocycles. The summed E-state index contributed by atoms with van der Waals surface area (Å²) in [6.45, 7) is -0.299. The van der Waals surface area contributed by atoms with Crippen molar-refractivity contribution >= 4 is 21.8 Å². The highest BCUT2D eigenvalue weighted by molar-refractivity contribution is 7.89. The Morgan fingerprint density at radius 1 is 0.974 bits per heavy atom. The minimum Gasteiger partial charge on any atom is -0.392 e. The van der Waals surface area contributed by atoms with E-state index < -0.39 is 34.2 Å². The highest BCUT2D eigenvalue weighted by Crippen LogP contribution is 2.32. The van der Waals surface area contributed by atoms with Crippen molar-refractivity contribution in [3.63, 3.8) is 0 Å². The Hall–Kier alpha value is -3.57. The van der Waals surface area contributed by atoms with E-state index >= 15 is 0 Å². The number of rotatable bonds is 11. The van der Waals surface area contributed by atoms with Gasteiger partial charge in [-0.3, -0.25) is 9.59 Å². The molecule has 4 rings (SSSR count). The van der Waals surface area contributed by atoms with E-state index in [0.29, 0.717) is 18.4 Å². The molecule has 9 nitrogen and oxygen atoms in total. The molecule has 3 aromatic rings. The number of fused-ring (bicyclic) bond motifs is 1. The summed E-state index contributed by atoms with van der Waals surface area (Å²) in [7, 11) is -2.47. The van der Waals surface area contributed by atoms with Crippen LogP contribution < -0.4 is 15.4 Å². The molecule has 3 aromatic carbocycles. The molecule has 0 fully saturated rings. The predicted molar refractivity (Wildman–Crippen MR) is 146 cm³/mol. The molecule has 0 bridgehead atoms. The minimum atomic E-state index is -3.95. The zero-order chi connectivity index (χ0) is 28.0. The second-order valence-electron chi connectivity index (χ2n) is 9.69. The van der Waals surface area contributed by atoms with Gasteiger partial charge in [-0.1, -0.05) is 54.6 Å². The van der Waals surface area contributed by atoms with Crippen molar-refractivity contribution in [1.29, 1.82) is 0 Å². The molecule has 206 valence electrons. The Bertz CT molecular complexity index is 1400. The number of carbonyl (C=O) groups is 2. The predicted octanol–water partition coefficient (Wildman–Crippen LogP) is 1.71. The van der Waals surface area contributed by atoms with Crippen LogP contribution in [0, 0.1) is 5.92 Å². The molecular weight excluding hydrogens is 518 g/mol. The van der Waals surface area contributed by atoms with Gasteiger partial charge in [0, 0.05) is 31.5 Å². The SMILES string of the molecule is CNC(=O)c1ccc(S(=O)(=O)NCC(O)CC(Cc2ccccc2)C(=O)NC2c3ccccc3CC2O)cc1. The van der Waals surface area contributed by atoms with Gasteiger partial charge in [-0.2, -0.15) is 0 Å². The van der Waals surface area contributed by atoms with Crippen molar-refractivity contribution in [2.24, 2.45) is 5.92 Å². The van der Waals surface area contributed by atoms with E-state index in [9.17, 15) is 28.2 Å². The van der Waals surface area contributed by atoms with Gasteiger partial charge in [0.05, 0.1) is 23.1 Å². The maximum absolute atomic E-state index is 13.4. The largest absolute Gasteiger partial charge is 0.392 e. The highest BCUT2D eigenvalue weighted by Gasteiger charge is 2.34. The molecule has 0 saturated carbocycles. The Kier molecular flexibility index (Phi) is 9.13. The fourth-order valence-electron chi connectivity index (χ4n) is 4.83. The number of amides is 2. The van der Waals surface area contributed by atoms with Crippen LogP contribution in [0.2, 0.25) is 0 Å². The van der Waals surface area contributed by atoms with Crippen LogP contribution in [0.1, 0.15) is 39.5 Å². The molecule has 5 N–H and O–H groups in total. The molecule has 0 aliphatic heterocycles. The van der Waals surface area contributed by atoms with E-state index in [4.69, 9.17) is 0 Å². The van der Waals surface area contributed by atoms with Crippen LogP contribution in [-0.4, -0.2) is 56.2 Å². The molecule has 10 heteroatoms. The molecule has 0 radical (unpaired) electrons. The molecule has 1 aliphatic carbocycles. The summed E-state index contributed by atoms with van der Waals surface area (Å²) in [5.41, 5.74) is 3.07. The zero-order valence-electron chi connectivity index (χ0n) is 21.6. The smallest absolute Gasteiger partial charge is 0.251 e. The van der Waals surface area contributed by atoms with Crippen molar-refractivity contribution in [3.05, 3.63) is 101 Å². The van der Waals surface area contributed by atoms with Crippen molar-refractivity contribution < 1.29 is 28.2 Å². The lowest BCUT2D eigenvalue weighted by Crippen LogP contribution is -2.41. The van der Waals surface area contributed by atoms with Gasteiger partial charge in [0.1, 0.15) is 0 Å². The van der Waals surface area contributed by atoms with Crippen molar-refractivity contribution in [2.45, 2.75) is 42.4 Å². The molecule has 2 amide bonds. The average molecular weight is 552 g/mol. The Morgan fingerprint density at radius 3 is 2.33 bits per heavy atom.